The Labute approximate surface area is 145 Å². The Morgan fingerprint density at radius 1 is 1.00 bits per heavy atom. The molecular weight excluding hydrogens is 318 g/mol. The van der Waals surface area contributed by atoms with Crippen LogP contribution in [0, 0.1) is 5.92 Å². The standard InChI is InChI=1S/C20H25NO2S/c1-3-24(22,23)15-19-14-21(16(19)2)20(17-10-6-4-7-11-17)18-12-8-5-9-13-18/h4-13,16,19-20H,3,14-15H2,1-2H3. The lowest BCUT2D eigenvalue weighted by molar-refractivity contribution is 0.0118. The van der Waals surface area contributed by atoms with Crippen LogP contribution in [-0.4, -0.2) is 37.4 Å². The average Bonchev–Trinajstić information content (AvgIpc) is 2.62. The molecule has 1 aliphatic heterocycles. The Bertz CT molecular complexity index is 719. The third-order valence-electron chi connectivity index (χ3n) is 5.12. The second-order valence-electron chi connectivity index (χ2n) is 6.62. The quantitative estimate of drug-likeness (QED) is 0.805. The van der Waals surface area contributed by atoms with Gasteiger partial charge in [0.25, 0.3) is 0 Å². The highest BCUT2D eigenvalue weighted by atomic mass is 32.2. The van der Waals surface area contributed by atoms with E-state index in [4.69, 9.17) is 0 Å². The summed E-state index contributed by atoms with van der Waals surface area (Å²) in [5.74, 6) is 0.763. The molecule has 128 valence electrons. The van der Waals surface area contributed by atoms with Crippen molar-refractivity contribution >= 4 is 9.84 Å². The zero-order chi connectivity index (χ0) is 17.2. The van der Waals surface area contributed by atoms with Gasteiger partial charge in [0.05, 0.1) is 11.8 Å². The predicted molar refractivity (Wildman–Crippen MR) is 98.7 cm³/mol. The van der Waals surface area contributed by atoms with Crippen molar-refractivity contribution in [2.24, 2.45) is 5.92 Å². The molecule has 0 spiro atoms. The van der Waals surface area contributed by atoms with Gasteiger partial charge >= 0.3 is 0 Å². The van der Waals surface area contributed by atoms with Gasteiger partial charge in [0.1, 0.15) is 9.84 Å². The Balaban J connectivity index is 1.84. The van der Waals surface area contributed by atoms with Crippen LogP contribution in [0.5, 0.6) is 0 Å². The van der Waals surface area contributed by atoms with E-state index >= 15 is 0 Å². The number of likely N-dealkylation sites (tertiary alicyclic amines) is 1. The van der Waals surface area contributed by atoms with Crippen molar-refractivity contribution in [2.75, 3.05) is 18.1 Å². The number of sulfone groups is 1. The molecule has 3 nitrogen and oxygen atoms in total. The van der Waals surface area contributed by atoms with Crippen LogP contribution in [0.1, 0.15) is 31.0 Å². The fraction of sp³-hybridized carbons (Fsp3) is 0.400. The van der Waals surface area contributed by atoms with Crippen molar-refractivity contribution in [2.45, 2.75) is 25.9 Å². The minimum atomic E-state index is -2.92. The van der Waals surface area contributed by atoms with E-state index in [9.17, 15) is 8.42 Å². The topological polar surface area (TPSA) is 37.4 Å². The van der Waals surface area contributed by atoms with Crippen molar-refractivity contribution < 1.29 is 8.42 Å². The fourth-order valence-electron chi connectivity index (χ4n) is 3.54. The Kier molecular flexibility index (Phi) is 5.07. The van der Waals surface area contributed by atoms with Crippen LogP contribution < -0.4 is 0 Å². The van der Waals surface area contributed by atoms with Gasteiger partial charge in [-0.1, -0.05) is 67.6 Å². The maximum Gasteiger partial charge on any atom is 0.150 e. The van der Waals surface area contributed by atoms with Crippen LogP contribution in [0.3, 0.4) is 0 Å². The molecule has 1 saturated heterocycles. The molecule has 2 atom stereocenters. The number of rotatable bonds is 6. The van der Waals surface area contributed by atoms with Crippen LogP contribution in [0.25, 0.3) is 0 Å². The van der Waals surface area contributed by atoms with Crippen molar-refractivity contribution in [3.05, 3.63) is 71.8 Å². The predicted octanol–water partition coefficient (Wildman–Crippen LogP) is 3.53. The lowest BCUT2D eigenvalue weighted by Gasteiger charge is -2.50. The van der Waals surface area contributed by atoms with Gasteiger partial charge in [-0.05, 0) is 18.1 Å². The van der Waals surface area contributed by atoms with Crippen molar-refractivity contribution in [1.82, 2.24) is 4.90 Å². The molecule has 0 aromatic heterocycles. The average molecular weight is 343 g/mol. The maximum atomic E-state index is 11.9. The largest absolute Gasteiger partial charge is 0.289 e. The SMILES string of the molecule is CCS(=O)(=O)CC1CN(C(c2ccccc2)c2ccccc2)C1C. The zero-order valence-corrected chi connectivity index (χ0v) is 15.1. The minimum absolute atomic E-state index is 0.183. The van der Waals surface area contributed by atoms with Gasteiger partial charge in [-0.25, -0.2) is 8.42 Å². The van der Waals surface area contributed by atoms with Gasteiger partial charge in [0.2, 0.25) is 0 Å². The van der Waals surface area contributed by atoms with E-state index in [-0.39, 0.29) is 23.8 Å². The molecule has 0 amide bonds. The minimum Gasteiger partial charge on any atom is -0.289 e. The molecule has 2 unspecified atom stereocenters. The Morgan fingerprint density at radius 3 is 1.92 bits per heavy atom. The molecule has 2 aromatic carbocycles. The van der Waals surface area contributed by atoms with Crippen LogP contribution >= 0.6 is 0 Å². The smallest absolute Gasteiger partial charge is 0.150 e. The molecule has 1 aliphatic rings. The molecule has 0 aliphatic carbocycles. The van der Waals surface area contributed by atoms with Crippen LogP contribution in [-0.2, 0) is 9.84 Å². The third-order valence-corrected chi connectivity index (χ3v) is 6.94. The monoisotopic (exact) mass is 343 g/mol. The normalized spacial score (nSPS) is 21.6. The maximum absolute atomic E-state index is 11.9. The number of hydrogen-bond acceptors (Lipinski definition) is 3. The highest BCUT2D eigenvalue weighted by Gasteiger charge is 2.42. The Morgan fingerprint density at radius 2 is 1.50 bits per heavy atom. The summed E-state index contributed by atoms with van der Waals surface area (Å²) in [7, 11) is -2.92. The van der Waals surface area contributed by atoms with E-state index in [0.717, 1.165) is 6.54 Å². The first-order chi connectivity index (χ1) is 11.5. The van der Waals surface area contributed by atoms with Crippen molar-refractivity contribution in [3.63, 3.8) is 0 Å². The third kappa shape index (κ3) is 3.55. The Hall–Kier alpha value is -1.65. The van der Waals surface area contributed by atoms with E-state index in [1.54, 1.807) is 6.92 Å². The van der Waals surface area contributed by atoms with Gasteiger partial charge in [-0.3, -0.25) is 4.90 Å². The first-order valence-corrected chi connectivity index (χ1v) is 10.4. The summed E-state index contributed by atoms with van der Waals surface area (Å²) in [6.07, 6.45) is 0. The molecule has 4 heteroatoms. The van der Waals surface area contributed by atoms with Gasteiger partial charge in [-0.15, -0.1) is 0 Å². The van der Waals surface area contributed by atoms with E-state index in [2.05, 4.69) is 60.4 Å². The fourth-order valence-corrected chi connectivity index (χ4v) is 4.82. The van der Waals surface area contributed by atoms with Crippen molar-refractivity contribution in [1.29, 1.82) is 0 Å². The van der Waals surface area contributed by atoms with E-state index in [0.29, 0.717) is 5.75 Å². The van der Waals surface area contributed by atoms with Gasteiger partial charge in [-0.2, -0.15) is 0 Å². The molecule has 0 bridgehead atoms. The summed E-state index contributed by atoms with van der Waals surface area (Å²) >= 11 is 0. The van der Waals surface area contributed by atoms with E-state index in [1.165, 1.54) is 11.1 Å². The molecule has 1 heterocycles. The molecule has 0 radical (unpaired) electrons. The first-order valence-electron chi connectivity index (χ1n) is 8.58. The highest BCUT2D eigenvalue weighted by Crippen LogP contribution is 2.38. The number of benzene rings is 2. The molecule has 24 heavy (non-hydrogen) atoms. The molecule has 2 aromatic rings. The molecule has 3 rings (SSSR count). The van der Waals surface area contributed by atoms with Gasteiger partial charge < -0.3 is 0 Å². The van der Waals surface area contributed by atoms with Gasteiger partial charge in [0, 0.05) is 24.3 Å². The molecular formula is C20H25NO2S. The highest BCUT2D eigenvalue weighted by molar-refractivity contribution is 7.91. The second-order valence-corrected chi connectivity index (χ2v) is 9.02. The van der Waals surface area contributed by atoms with Gasteiger partial charge in [0.15, 0.2) is 0 Å². The van der Waals surface area contributed by atoms with E-state index in [1.807, 2.05) is 12.1 Å². The summed E-state index contributed by atoms with van der Waals surface area (Å²) in [5.41, 5.74) is 2.51. The number of hydrogen-bond donors (Lipinski definition) is 0. The molecule has 0 saturated carbocycles. The summed E-state index contributed by atoms with van der Waals surface area (Å²) in [5, 5.41) is 0. The summed E-state index contributed by atoms with van der Waals surface area (Å²) in [6, 6.07) is 21.4. The van der Waals surface area contributed by atoms with Crippen LogP contribution in [0.4, 0.5) is 0 Å². The lowest BCUT2D eigenvalue weighted by Crippen LogP contribution is -2.58. The van der Waals surface area contributed by atoms with Crippen LogP contribution in [0.2, 0.25) is 0 Å². The summed E-state index contributed by atoms with van der Waals surface area (Å²) < 4.78 is 23.9. The first kappa shape index (κ1) is 17.2. The zero-order valence-electron chi connectivity index (χ0n) is 14.3. The summed E-state index contributed by atoms with van der Waals surface area (Å²) in [6.45, 7) is 4.71. The molecule has 1 fully saturated rings. The van der Waals surface area contributed by atoms with Crippen LogP contribution in [0.15, 0.2) is 60.7 Å². The second kappa shape index (κ2) is 7.08. The van der Waals surface area contributed by atoms with E-state index < -0.39 is 9.84 Å². The lowest BCUT2D eigenvalue weighted by atomic mass is 9.85. The van der Waals surface area contributed by atoms with Crippen molar-refractivity contribution in [3.8, 4) is 0 Å². The number of nitrogens with zero attached hydrogens (tertiary/aromatic N) is 1. The molecule has 0 N–H and O–H groups in total. The summed E-state index contributed by atoms with van der Waals surface area (Å²) in [4.78, 5) is 2.42.